The first-order valence-electron chi connectivity index (χ1n) is 16.3. The van der Waals surface area contributed by atoms with Gasteiger partial charge in [-0.15, -0.1) is 0 Å². The summed E-state index contributed by atoms with van der Waals surface area (Å²) in [6.45, 7) is 3.92. The van der Waals surface area contributed by atoms with Gasteiger partial charge in [-0.3, -0.25) is 9.88 Å². The van der Waals surface area contributed by atoms with E-state index in [0.29, 0.717) is 58.6 Å². The molecule has 2 N–H and O–H groups in total. The Morgan fingerprint density at radius 1 is 1.07 bits per heavy atom. The van der Waals surface area contributed by atoms with Crippen LogP contribution in [0.4, 0.5) is 19.0 Å². The Morgan fingerprint density at radius 3 is 2.73 bits per heavy atom. The predicted molar refractivity (Wildman–Crippen MR) is 166 cm³/mol. The molecule has 2 aromatic heterocycles. The summed E-state index contributed by atoms with van der Waals surface area (Å²) < 4.78 is 53.0. The largest absolute Gasteiger partial charge is 0.461 e. The van der Waals surface area contributed by atoms with Gasteiger partial charge in [0.25, 0.3) is 0 Å². The van der Waals surface area contributed by atoms with Crippen LogP contribution < -0.4 is 20.3 Å². The lowest BCUT2D eigenvalue weighted by Gasteiger charge is -2.34. The molecule has 5 aliphatic rings. The summed E-state index contributed by atoms with van der Waals surface area (Å²) in [5.74, 6) is -0.464. The van der Waals surface area contributed by atoms with Gasteiger partial charge in [0, 0.05) is 67.9 Å². The number of pyridine rings is 1. The smallest absolute Gasteiger partial charge is 0.319 e. The van der Waals surface area contributed by atoms with Crippen molar-refractivity contribution >= 4 is 27.5 Å². The zero-order valence-corrected chi connectivity index (χ0v) is 25.0. The molecule has 5 atom stereocenters. The maximum atomic E-state index is 16.9. The number of fused-ring (bicyclic) bond motifs is 5. The molecule has 8 nitrogen and oxygen atoms in total. The highest BCUT2D eigenvalue weighted by molar-refractivity contribution is 6.00. The second-order valence-electron chi connectivity index (χ2n) is 13.7. The van der Waals surface area contributed by atoms with Gasteiger partial charge in [-0.1, -0.05) is 18.2 Å². The molecule has 7 heterocycles. The number of ether oxygens (including phenoxy) is 1. The number of benzene rings is 2. The van der Waals surface area contributed by atoms with Crippen molar-refractivity contribution < 1.29 is 17.9 Å². The number of nitrogens with zero attached hydrogens (tertiary/aromatic N) is 5. The average molecular weight is 616 g/mol. The first-order chi connectivity index (χ1) is 21.9. The van der Waals surface area contributed by atoms with Crippen molar-refractivity contribution in [3.63, 3.8) is 0 Å². The molecule has 0 aliphatic carbocycles. The van der Waals surface area contributed by atoms with Gasteiger partial charge < -0.3 is 20.3 Å². The summed E-state index contributed by atoms with van der Waals surface area (Å²) in [5.41, 5.74) is 1.16. The van der Waals surface area contributed by atoms with Crippen LogP contribution in [0.1, 0.15) is 37.7 Å². The van der Waals surface area contributed by atoms with Crippen molar-refractivity contribution in [2.45, 2.75) is 68.4 Å². The number of rotatable bonds is 7. The Bertz CT molecular complexity index is 1810. The first kappa shape index (κ1) is 27.7. The van der Waals surface area contributed by atoms with Crippen LogP contribution in [0.15, 0.2) is 36.5 Å². The molecule has 2 bridgehead atoms. The summed E-state index contributed by atoms with van der Waals surface area (Å²) in [5, 5.41) is 8.49. The predicted octanol–water partition coefficient (Wildman–Crippen LogP) is 4.53. The molecule has 0 amide bonds. The summed E-state index contributed by atoms with van der Waals surface area (Å²) in [6.07, 6.45) is 5.94. The highest BCUT2D eigenvalue weighted by Crippen LogP contribution is 2.41. The number of halogens is 3. The molecule has 234 valence electrons. The molecule has 2 unspecified atom stereocenters. The Hall–Kier alpha value is -3.54. The third kappa shape index (κ3) is 4.82. The molecule has 0 spiro atoms. The Kier molecular flexibility index (Phi) is 6.47. The second-order valence-corrected chi connectivity index (χ2v) is 13.7. The topological polar surface area (TPSA) is 88.3 Å². The zero-order chi connectivity index (χ0) is 30.3. The highest BCUT2D eigenvalue weighted by atomic mass is 19.1. The number of hydrogen-bond acceptors (Lipinski definition) is 8. The van der Waals surface area contributed by atoms with E-state index in [9.17, 15) is 4.39 Å². The molecular weight excluding hydrogens is 579 g/mol. The van der Waals surface area contributed by atoms with Crippen LogP contribution in [-0.4, -0.2) is 89.0 Å². The quantitative estimate of drug-likeness (QED) is 0.294. The van der Waals surface area contributed by atoms with Crippen LogP contribution >= 0.6 is 0 Å². The van der Waals surface area contributed by atoms with E-state index >= 15 is 8.78 Å². The summed E-state index contributed by atoms with van der Waals surface area (Å²) >= 11 is 0. The van der Waals surface area contributed by atoms with Crippen molar-refractivity contribution in [2.75, 3.05) is 44.2 Å². The molecular formula is C34H36F3N7O. The number of piperazine rings is 1. The minimum absolute atomic E-state index is 0.0517. The van der Waals surface area contributed by atoms with E-state index in [4.69, 9.17) is 9.72 Å². The van der Waals surface area contributed by atoms with Crippen molar-refractivity contribution in [1.29, 1.82) is 0 Å². The minimum atomic E-state index is -0.883. The Labute approximate surface area is 259 Å². The van der Waals surface area contributed by atoms with Crippen molar-refractivity contribution in [2.24, 2.45) is 0 Å². The fraction of sp³-hybridized carbons (Fsp3) is 0.500. The average Bonchev–Trinajstić information content (AvgIpc) is 3.55. The number of aromatic nitrogens is 3. The SMILES string of the molecule is Fc1c(-c2cc(C[C@@H]3CN3)cc3cccc(F)c23)ncc2c(N3CC4CCC(C3)N4)nc(OC[C@@]34CCCN3C[C@H](F)C4)nc12. The van der Waals surface area contributed by atoms with Gasteiger partial charge in [-0.25, -0.2) is 13.2 Å². The molecule has 0 radical (unpaired) electrons. The van der Waals surface area contributed by atoms with E-state index in [1.807, 2.05) is 18.2 Å². The molecule has 5 saturated heterocycles. The minimum Gasteiger partial charge on any atom is -0.461 e. The lowest BCUT2D eigenvalue weighted by Crippen LogP contribution is -2.51. The number of hydrogen-bond donors (Lipinski definition) is 2. The standard InChI is InChI=1S/C34H36F3N7O/c35-21-12-34(7-2-8-44(34)15-21)18-45-33-41-31-26(32(42-33)43-16-22-5-6-23(17-43)40-22)14-39-30(29(31)37)25-11-19(10-24-13-38-24)9-20-3-1-4-27(36)28(20)25/h1,3-4,9,11,14,21-24,38,40H,2,5-8,10,12-13,15-18H2/t21-,22?,23?,24-,34+/m1/s1. The molecule has 5 aliphatic heterocycles. The maximum Gasteiger partial charge on any atom is 0.319 e. The van der Waals surface area contributed by atoms with E-state index in [0.717, 1.165) is 63.8 Å². The van der Waals surface area contributed by atoms with Crippen LogP contribution in [0.25, 0.3) is 32.9 Å². The molecule has 5 fully saturated rings. The second kappa shape index (κ2) is 10.5. The van der Waals surface area contributed by atoms with Gasteiger partial charge in [0.05, 0.1) is 10.9 Å². The lowest BCUT2D eigenvalue weighted by atomic mass is 9.95. The van der Waals surface area contributed by atoms with Gasteiger partial charge >= 0.3 is 6.01 Å². The molecule has 0 saturated carbocycles. The van der Waals surface area contributed by atoms with Crippen molar-refractivity contribution in [3.8, 4) is 17.3 Å². The number of alkyl halides is 1. The number of anilines is 1. The molecule has 9 rings (SSSR count). The molecule has 11 heteroatoms. The normalized spacial score (nSPS) is 29.2. The van der Waals surface area contributed by atoms with E-state index < -0.39 is 17.8 Å². The van der Waals surface area contributed by atoms with Gasteiger partial charge in [0.15, 0.2) is 5.82 Å². The van der Waals surface area contributed by atoms with Gasteiger partial charge in [0.1, 0.15) is 35.6 Å². The number of nitrogens with one attached hydrogen (secondary N) is 2. The maximum absolute atomic E-state index is 16.9. The Balaban J connectivity index is 1.17. The molecule has 45 heavy (non-hydrogen) atoms. The van der Waals surface area contributed by atoms with Crippen LogP contribution in [-0.2, 0) is 6.42 Å². The molecule has 2 aromatic carbocycles. The molecule has 4 aromatic rings. The van der Waals surface area contributed by atoms with Crippen molar-refractivity contribution in [3.05, 3.63) is 53.7 Å². The summed E-state index contributed by atoms with van der Waals surface area (Å²) in [6, 6.07) is 9.87. The lowest BCUT2D eigenvalue weighted by molar-refractivity contribution is 0.107. The van der Waals surface area contributed by atoms with Gasteiger partial charge in [0.2, 0.25) is 0 Å². The first-order valence-corrected chi connectivity index (χ1v) is 16.3. The van der Waals surface area contributed by atoms with Crippen LogP contribution in [0.2, 0.25) is 0 Å². The van der Waals surface area contributed by atoms with E-state index in [2.05, 4.69) is 30.4 Å². The van der Waals surface area contributed by atoms with Gasteiger partial charge in [-0.2, -0.15) is 9.97 Å². The van der Waals surface area contributed by atoms with Crippen LogP contribution in [0.3, 0.4) is 0 Å². The summed E-state index contributed by atoms with van der Waals surface area (Å²) in [4.78, 5) is 18.5. The van der Waals surface area contributed by atoms with E-state index in [1.165, 1.54) is 6.07 Å². The third-order valence-electron chi connectivity index (χ3n) is 10.6. The summed E-state index contributed by atoms with van der Waals surface area (Å²) in [7, 11) is 0. The fourth-order valence-corrected chi connectivity index (χ4v) is 8.39. The van der Waals surface area contributed by atoms with E-state index in [1.54, 1.807) is 12.3 Å². The monoisotopic (exact) mass is 615 g/mol. The Morgan fingerprint density at radius 2 is 1.91 bits per heavy atom. The van der Waals surface area contributed by atoms with Crippen molar-refractivity contribution in [1.82, 2.24) is 30.5 Å². The van der Waals surface area contributed by atoms with Crippen LogP contribution in [0.5, 0.6) is 6.01 Å². The fourth-order valence-electron chi connectivity index (χ4n) is 8.39. The highest BCUT2D eigenvalue weighted by Gasteiger charge is 2.49. The van der Waals surface area contributed by atoms with E-state index in [-0.39, 0.29) is 29.4 Å². The zero-order valence-electron chi connectivity index (χ0n) is 25.0. The van der Waals surface area contributed by atoms with Gasteiger partial charge in [-0.05, 0) is 61.7 Å². The third-order valence-corrected chi connectivity index (χ3v) is 10.6. The van der Waals surface area contributed by atoms with Crippen LogP contribution in [0, 0.1) is 11.6 Å².